The summed E-state index contributed by atoms with van der Waals surface area (Å²) in [6.07, 6.45) is 7.59. The molecule has 1 saturated heterocycles. The summed E-state index contributed by atoms with van der Waals surface area (Å²) in [6.45, 7) is 0.925. The first-order chi connectivity index (χ1) is 7.40. The van der Waals surface area contributed by atoms with E-state index in [-0.39, 0.29) is 0 Å². The molecule has 0 radical (unpaired) electrons. The van der Waals surface area contributed by atoms with Gasteiger partial charge in [-0.3, -0.25) is 4.98 Å². The minimum atomic E-state index is 0.363. The highest BCUT2D eigenvalue weighted by Crippen LogP contribution is 2.24. The van der Waals surface area contributed by atoms with E-state index >= 15 is 0 Å². The van der Waals surface area contributed by atoms with Crippen molar-refractivity contribution in [3.05, 3.63) is 30.1 Å². The van der Waals surface area contributed by atoms with Crippen molar-refractivity contribution >= 4 is 0 Å². The molecule has 2 atom stereocenters. The second-order valence-electron chi connectivity index (χ2n) is 4.00. The summed E-state index contributed by atoms with van der Waals surface area (Å²) in [6, 6.07) is 4.46. The van der Waals surface area contributed by atoms with Crippen LogP contribution < -0.4 is 5.32 Å². The first-order valence-corrected chi connectivity index (χ1v) is 5.59. The van der Waals surface area contributed by atoms with Gasteiger partial charge in [0.25, 0.3) is 0 Å². The van der Waals surface area contributed by atoms with Crippen LogP contribution in [-0.4, -0.2) is 24.7 Å². The average Bonchev–Trinajstić information content (AvgIpc) is 2.80. The maximum Gasteiger partial charge on any atom is 0.0594 e. The topological polar surface area (TPSA) is 34.1 Å². The Morgan fingerprint density at radius 1 is 1.67 bits per heavy atom. The fourth-order valence-electron chi connectivity index (χ4n) is 2.10. The van der Waals surface area contributed by atoms with Gasteiger partial charge in [-0.2, -0.15) is 0 Å². The van der Waals surface area contributed by atoms with Crippen LogP contribution >= 0.6 is 0 Å². The number of hydrogen-bond acceptors (Lipinski definition) is 3. The Morgan fingerprint density at radius 2 is 2.60 bits per heavy atom. The van der Waals surface area contributed by atoms with Crippen LogP contribution in [0.3, 0.4) is 0 Å². The third kappa shape index (κ3) is 2.76. The molecule has 82 valence electrons. The van der Waals surface area contributed by atoms with Gasteiger partial charge in [0.15, 0.2) is 0 Å². The van der Waals surface area contributed by atoms with E-state index in [9.17, 15) is 0 Å². The lowest BCUT2D eigenvalue weighted by molar-refractivity contribution is 0.0953. The predicted molar refractivity (Wildman–Crippen MR) is 59.6 cm³/mol. The first-order valence-electron chi connectivity index (χ1n) is 5.59. The van der Waals surface area contributed by atoms with Crippen LogP contribution in [0.15, 0.2) is 24.5 Å². The first kappa shape index (κ1) is 10.6. The molecule has 0 aliphatic carbocycles. The van der Waals surface area contributed by atoms with E-state index in [1.807, 2.05) is 25.5 Å². The van der Waals surface area contributed by atoms with E-state index < -0.39 is 0 Å². The predicted octanol–water partition coefficient (Wildman–Crippen LogP) is 1.91. The van der Waals surface area contributed by atoms with E-state index in [1.165, 1.54) is 18.4 Å². The van der Waals surface area contributed by atoms with Gasteiger partial charge in [0.05, 0.1) is 6.10 Å². The largest absolute Gasteiger partial charge is 0.378 e. The summed E-state index contributed by atoms with van der Waals surface area (Å²) in [4.78, 5) is 4.15. The van der Waals surface area contributed by atoms with Gasteiger partial charge in [0.2, 0.25) is 0 Å². The molecule has 0 spiro atoms. The van der Waals surface area contributed by atoms with Crippen molar-refractivity contribution in [3.8, 4) is 0 Å². The van der Waals surface area contributed by atoms with E-state index in [1.54, 1.807) is 0 Å². The Bertz CT molecular complexity index is 283. The number of aromatic nitrogens is 1. The van der Waals surface area contributed by atoms with Crippen molar-refractivity contribution in [2.45, 2.75) is 31.4 Å². The van der Waals surface area contributed by atoms with Crippen LogP contribution in [0.25, 0.3) is 0 Å². The van der Waals surface area contributed by atoms with Gasteiger partial charge in [-0.25, -0.2) is 0 Å². The second-order valence-corrected chi connectivity index (χ2v) is 4.00. The molecule has 1 aromatic heterocycles. The standard InChI is InChI=1S/C12H18N2O/c1-13-12(8-11-5-3-7-15-11)10-4-2-6-14-9-10/h2,4,6,9,11-13H,3,5,7-8H2,1H3. The van der Waals surface area contributed by atoms with Gasteiger partial charge in [-0.05, 0) is 37.9 Å². The van der Waals surface area contributed by atoms with E-state index in [0.717, 1.165) is 13.0 Å². The maximum atomic E-state index is 5.65. The second kappa shape index (κ2) is 5.24. The Balaban J connectivity index is 1.97. The maximum absolute atomic E-state index is 5.65. The Hall–Kier alpha value is -0.930. The molecule has 3 nitrogen and oxygen atoms in total. The van der Waals surface area contributed by atoms with Crippen molar-refractivity contribution in [3.63, 3.8) is 0 Å². The molecule has 0 saturated carbocycles. The van der Waals surface area contributed by atoms with Gasteiger partial charge in [-0.1, -0.05) is 6.07 Å². The zero-order chi connectivity index (χ0) is 10.5. The lowest BCUT2D eigenvalue weighted by atomic mass is 10.0. The summed E-state index contributed by atoms with van der Waals surface area (Å²) in [7, 11) is 1.99. The lowest BCUT2D eigenvalue weighted by Gasteiger charge is -2.19. The quantitative estimate of drug-likeness (QED) is 0.817. The van der Waals surface area contributed by atoms with Crippen LogP contribution in [0.1, 0.15) is 30.9 Å². The molecule has 0 aromatic carbocycles. The summed E-state index contributed by atoms with van der Waals surface area (Å²) in [5.41, 5.74) is 1.25. The van der Waals surface area contributed by atoms with Gasteiger partial charge < -0.3 is 10.1 Å². The monoisotopic (exact) mass is 206 g/mol. The molecule has 2 heterocycles. The van der Waals surface area contributed by atoms with Crippen LogP contribution in [0, 0.1) is 0 Å². The fraction of sp³-hybridized carbons (Fsp3) is 0.583. The summed E-state index contributed by atoms with van der Waals surface area (Å²) >= 11 is 0. The van der Waals surface area contributed by atoms with Gasteiger partial charge in [0, 0.05) is 25.0 Å². The van der Waals surface area contributed by atoms with E-state index in [2.05, 4.69) is 16.4 Å². The minimum Gasteiger partial charge on any atom is -0.378 e. The number of nitrogens with one attached hydrogen (secondary N) is 1. The number of hydrogen-bond donors (Lipinski definition) is 1. The SMILES string of the molecule is CNC(CC1CCCO1)c1cccnc1. The lowest BCUT2D eigenvalue weighted by Crippen LogP contribution is -2.22. The summed E-state index contributed by atoms with van der Waals surface area (Å²) in [5.74, 6) is 0. The van der Waals surface area contributed by atoms with Crippen molar-refractivity contribution in [1.82, 2.24) is 10.3 Å². The molecule has 1 aliphatic heterocycles. The molecule has 1 aromatic rings. The number of rotatable bonds is 4. The van der Waals surface area contributed by atoms with Crippen LogP contribution in [-0.2, 0) is 4.74 Å². The molecule has 1 N–H and O–H groups in total. The van der Waals surface area contributed by atoms with Crippen molar-refractivity contribution < 1.29 is 4.74 Å². The Morgan fingerprint density at radius 3 is 3.20 bits per heavy atom. The third-order valence-electron chi connectivity index (χ3n) is 2.96. The average molecular weight is 206 g/mol. The molecule has 15 heavy (non-hydrogen) atoms. The normalized spacial score (nSPS) is 22.9. The van der Waals surface area contributed by atoms with E-state index in [0.29, 0.717) is 12.1 Å². The number of pyridine rings is 1. The number of nitrogens with zero attached hydrogens (tertiary/aromatic N) is 1. The summed E-state index contributed by atoms with van der Waals surface area (Å²) < 4.78 is 5.65. The molecule has 0 amide bonds. The molecule has 2 unspecified atom stereocenters. The zero-order valence-corrected chi connectivity index (χ0v) is 9.15. The minimum absolute atomic E-state index is 0.363. The van der Waals surface area contributed by atoms with Crippen LogP contribution in [0.2, 0.25) is 0 Å². The van der Waals surface area contributed by atoms with Crippen LogP contribution in [0.4, 0.5) is 0 Å². The van der Waals surface area contributed by atoms with Crippen LogP contribution in [0.5, 0.6) is 0 Å². The molecule has 2 rings (SSSR count). The van der Waals surface area contributed by atoms with Crippen molar-refractivity contribution in [2.24, 2.45) is 0 Å². The summed E-state index contributed by atoms with van der Waals surface area (Å²) in [5, 5.41) is 3.33. The number of ether oxygens (including phenoxy) is 1. The molecular formula is C12H18N2O. The zero-order valence-electron chi connectivity index (χ0n) is 9.15. The van der Waals surface area contributed by atoms with Crippen molar-refractivity contribution in [1.29, 1.82) is 0 Å². The van der Waals surface area contributed by atoms with Crippen molar-refractivity contribution in [2.75, 3.05) is 13.7 Å². The highest BCUT2D eigenvalue weighted by molar-refractivity contribution is 5.13. The highest BCUT2D eigenvalue weighted by atomic mass is 16.5. The van der Waals surface area contributed by atoms with Gasteiger partial charge in [-0.15, -0.1) is 0 Å². The third-order valence-corrected chi connectivity index (χ3v) is 2.96. The molecule has 3 heteroatoms. The van der Waals surface area contributed by atoms with Gasteiger partial charge in [0.1, 0.15) is 0 Å². The molecule has 1 aliphatic rings. The highest BCUT2D eigenvalue weighted by Gasteiger charge is 2.20. The smallest absolute Gasteiger partial charge is 0.0594 e. The molecular weight excluding hydrogens is 188 g/mol. The molecule has 0 bridgehead atoms. The van der Waals surface area contributed by atoms with E-state index in [4.69, 9.17) is 4.74 Å². The van der Waals surface area contributed by atoms with Gasteiger partial charge >= 0.3 is 0 Å². The fourth-order valence-corrected chi connectivity index (χ4v) is 2.10. The molecule has 1 fully saturated rings. The Kier molecular flexibility index (Phi) is 3.69. The Labute approximate surface area is 90.9 Å².